The molecule has 2 heterocycles. The zero-order valence-corrected chi connectivity index (χ0v) is 16.5. The first-order chi connectivity index (χ1) is 11.5. The van der Waals surface area contributed by atoms with Crippen LogP contribution >= 0.6 is 48.4 Å². The molecule has 0 amide bonds. The lowest BCUT2D eigenvalue weighted by atomic mass is 10.1. The number of nitrogens with zero attached hydrogens (tertiary/aromatic N) is 2. The minimum absolute atomic E-state index is 0.101. The zero-order chi connectivity index (χ0) is 17.2. The molecule has 0 saturated carbocycles. The molecule has 0 saturated heterocycles. The van der Waals surface area contributed by atoms with Crippen LogP contribution in [-0.4, -0.2) is 25.9 Å². The molecule has 3 nitrogen and oxygen atoms in total. The second kappa shape index (κ2) is 7.47. The molecule has 2 aromatic rings. The summed E-state index contributed by atoms with van der Waals surface area (Å²) in [5, 5.41) is 0. The van der Waals surface area contributed by atoms with Crippen LogP contribution in [0.4, 0.5) is 0 Å². The SMILES string of the molecule is COc1ccc(C2(C)N=C(c3ccncc3)C(SC(=S)S)S2)cc1. The fourth-order valence-corrected chi connectivity index (χ4v) is 6.17. The summed E-state index contributed by atoms with van der Waals surface area (Å²) < 4.78 is 5.97. The monoisotopic (exact) mass is 392 g/mol. The molecular weight excluding hydrogens is 376 g/mol. The normalized spacial score (nSPS) is 23.0. The number of benzene rings is 1. The highest BCUT2D eigenvalue weighted by Crippen LogP contribution is 2.51. The molecule has 7 heteroatoms. The Morgan fingerprint density at radius 3 is 2.50 bits per heavy atom. The van der Waals surface area contributed by atoms with Crippen molar-refractivity contribution in [2.24, 2.45) is 4.99 Å². The summed E-state index contributed by atoms with van der Waals surface area (Å²) in [5.74, 6) is 0.839. The molecule has 2 unspecified atom stereocenters. The Morgan fingerprint density at radius 2 is 1.92 bits per heavy atom. The minimum atomic E-state index is -0.374. The van der Waals surface area contributed by atoms with Crippen molar-refractivity contribution in [1.29, 1.82) is 0 Å². The van der Waals surface area contributed by atoms with Gasteiger partial charge in [-0.15, -0.1) is 24.4 Å². The van der Waals surface area contributed by atoms with E-state index in [1.54, 1.807) is 43.0 Å². The van der Waals surface area contributed by atoms with Gasteiger partial charge in [-0.2, -0.15) is 0 Å². The Hall–Kier alpha value is -1.02. The van der Waals surface area contributed by atoms with Crippen LogP contribution in [0.15, 0.2) is 53.8 Å². The third-order valence-corrected chi connectivity index (χ3v) is 6.75. The van der Waals surface area contributed by atoms with Crippen molar-refractivity contribution in [1.82, 2.24) is 4.98 Å². The van der Waals surface area contributed by atoms with Crippen molar-refractivity contribution in [3.8, 4) is 5.75 Å². The average molecular weight is 393 g/mol. The Bertz CT molecular complexity index is 764. The van der Waals surface area contributed by atoms with Crippen LogP contribution in [0.2, 0.25) is 0 Å². The van der Waals surface area contributed by atoms with Gasteiger partial charge in [-0.1, -0.05) is 36.1 Å². The fraction of sp³-hybridized carbons (Fsp3) is 0.235. The van der Waals surface area contributed by atoms with Crippen molar-refractivity contribution in [3.05, 3.63) is 59.9 Å². The van der Waals surface area contributed by atoms with Crippen LogP contribution in [-0.2, 0) is 4.87 Å². The molecule has 24 heavy (non-hydrogen) atoms. The molecule has 1 aromatic carbocycles. The van der Waals surface area contributed by atoms with Crippen LogP contribution < -0.4 is 4.74 Å². The number of rotatable bonds is 4. The third kappa shape index (κ3) is 3.79. The molecule has 3 rings (SSSR count). The zero-order valence-electron chi connectivity index (χ0n) is 13.2. The van der Waals surface area contributed by atoms with Crippen LogP contribution in [0.3, 0.4) is 0 Å². The second-order valence-electron chi connectivity index (χ2n) is 5.28. The maximum Gasteiger partial charge on any atom is 0.130 e. The molecule has 2 atom stereocenters. The maximum absolute atomic E-state index is 5.25. The first-order valence-corrected chi connectivity index (χ1v) is 9.85. The first kappa shape index (κ1) is 17.8. The topological polar surface area (TPSA) is 34.5 Å². The molecule has 1 aromatic heterocycles. The number of aliphatic imine (C=N–C) groups is 1. The van der Waals surface area contributed by atoms with E-state index in [2.05, 4.69) is 36.7 Å². The molecule has 0 fully saturated rings. The number of thiol groups is 1. The number of hydrogen-bond donors (Lipinski definition) is 1. The van der Waals surface area contributed by atoms with E-state index < -0.39 is 0 Å². The van der Waals surface area contributed by atoms with Crippen molar-refractivity contribution in [3.63, 3.8) is 0 Å². The van der Waals surface area contributed by atoms with Gasteiger partial charge in [-0.3, -0.25) is 9.98 Å². The predicted octanol–water partition coefficient (Wildman–Crippen LogP) is 4.77. The molecule has 0 N–H and O–H groups in total. The molecule has 1 aliphatic heterocycles. The Morgan fingerprint density at radius 1 is 1.25 bits per heavy atom. The van der Waals surface area contributed by atoms with Crippen molar-refractivity contribution in [2.45, 2.75) is 16.4 Å². The number of aromatic nitrogens is 1. The number of pyridine rings is 1. The highest BCUT2D eigenvalue weighted by molar-refractivity contribution is 8.45. The van der Waals surface area contributed by atoms with E-state index in [4.69, 9.17) is 21.9 Å². The van der Waals surface area contributed by atoms with Crippen molar-refractivity contribution >= 4 is 57.6 Å². The van der Waals surface area contributed by atoms with Crippen molar-refractivity contribution in [2.75, 3.05) is 7.11 Å². The summed E-state index contributed by atoms with van der Waals surface area (Å²) in [5.41, 5.74) is 3.21. The standard InChI is InChI=1S/C17H16N2OS4/c1-17(12-3-5-13(20-2)6-4-12)19-14(11-7-9-18-10-8-11)15(24-17)23-16(21)22/h3-10,15H,1-2H3,(H,21,22). The highest BCUT2D eigenvalue weighted by Gasteiger charge is 2.40. The number of thioether (sulfide) groups is 2. The fourth-order valence-electron chi connectivity index (χ4n) is 2.50. The van der Waals surface area contributed by atoms with E-state index in [0.717, 1.165) is 22.6 Å². The number of thiocarbonyl (C=S) groups is 1. The lowest BCUT2D eigenvalue weighted by molar-refractivity contribution is 0.414. The van der Waals surface area contributed by atoms with E-state index in [9.17, 15) is 0 Å². The van der Waals surface area contributed by atoms with E-state index in [0.29, 0.717) is 3.53 Å². The summed E-state index contributed by atoms with van der Waals surface area (Å²) >= 11 is 12.8. The van der Waals surface area contributed by atoms with Gasteiger partial charge in [0.25, 0.3) is 0 Å². The Balaban J connectivity index is 1.99. The predicted molar refractivity (Wildman–Crippen MR) is 112 cm³/mol. The average Bonchev–Trinajstić information content (AvgIpc) is 2.93. The van der Waals surface area contributed by atoms with E-state index in [1.165, 1.54) is 0 Å². The summed E-state index contributed by atoms with van der Waals surface area (Å²) in [6.45, 7) is 2.13. The van der Waals surface area contributed by atoms with E-state index in [1.807, 2.05) is 24.3 Å². The van der Waals surface area contributed by atoms with Crippen molar-refractivity contribution < 1.29 is 4.74 Å². The summed E-state index contributed by atoms with van der Waals surface area (Å²) in [7, 11) is 1.67. The van der Waals surface area contributed by atoms with Gasteiger partial charge in [-0.25, -0.2) is 0 Å². The van der Waals surface area contributed by atoms with Crippen LogP contribution in [0, 0.1) is 0 Å². The smallest absolute Gasteiger partial charge is 0.130 e. The second-order valence-corrected chi connectivity index (χ2v) is 9.91. The number of methoxy groups -OCH3 is 1. The lowest BCUT2D eigenvalue weighted by Crippen LogP contribution is -2.12. The lowest BCUT2D eigenvalue weighted by Gasteiger charge is -2.22. The van der Waals surface area contributed by atoms with Gasteiger partial charge in [-0.05, 0) is 36.8 Å². The number of hydrogen-bond acceptors (Lipinski definition) is 6. The molecular formula is C17H16N2OS4. The maximum atomic E-state index is 5.25. The molecule has 0 radical (unpaired) electrons. The molecule has 1 aliphatic rings. The van der Waals surface area contributed by atoms with Gasteiger partial charge in [0.15, 0.2) is 0 Å². The summed E-state index contributed by atoms with van der Waals surface area (Å²) in [6, 6.07) is 12.0. The first-order valence-electron chi connectivity index (χ1n) is 7.24. The summed E-state index contributed by atoms with van der Waals surface area (Å²) in [4.78, 5) is 8.77. The van der Waals surface area contributed by atoms with Gasteiger partial charge >= 0.3 is 0 Å². The van der Waals surface area contributed by atoms with Gasteiger partial charge < -0.3 is 4.74 Å². The Labute approximate surface area is 161 Å². The van der Waals surface area contributed by atoms with E-state index >= 15 is 0 Å². The minimum Gasteiger partial charge on any atom is -0.497 e. The van der Waals surface area contributed by atoms with Gasteiger partial charge in [0.05, 0.1) is 12.8 Å². The van der Waals surface area contributed by atoms with Gasteiger partial charge in [0.1, 0.15) is 18.7 Å². The Kier molecular flexibility index (Phi) is 5.54. The highest BCUT2D eigenvalue weighted by atomic mass is 32.2. The van der Waals surface area contributed by atoms with Gasteiger partial charge in [0, 0.05) is 18.0 Å². The summed E-state index contributed by atoms with van der Waals surface area (Å²) in [6.07, 6.45) is 3.57. The van der Waals surface area contributed by atoms with Gasteiger partial charge in [0.2, 0.25) is 0 Å². The molecule has 0 aliphatic carbocycles. The van der Waals surface area contributed by atoms with Crippen LogP contribution in [0.5, 0.6) is 5.75 Å². The third-order valence-electron chi connectivity index (χ3n) is 3.70. The number of ether oxygens (including phenoxy) is 1. The molecule has 0 bridgehead atoms. The molecule has 124 valence electrons. The van der Waals surface area contributed by atoms with Crippen LogP contribution in [0.1, 0.15) is 18.1 Å². The quantitative estimate of drug-likeness (QED) is 0.599. The molecule has 0 spiro atoms. The van der Waals surface area contributed by atoms with E-state index in [-0.39, 0.29) is 9.45 Å². The largest absolute Gasteiger partial charge is 0.497 e. The van der Waals surface area contributed by atoms with Crippen LogP contribution in [0.25, 0.3) is 0 Å².